The van der Waals surface area contributed by atoms with Crippen LogP contribution < -0.4 is 10.1 Å². The fourth-order valence-corrected chi connectivity index (χ4v) is 3.28. The highest BCUT2D eigenvalue weighted by atomic mass is 32.2. The predicted molar refractivity (Wildman–Crippen MR) is 75.5 cm³/mol. The first kappa shape index (κ1) is 16.5. The third kappa shape index (κ3) is 4.50. The van der Waals surface area contributed by atoms with Crippen LogP contribution in [0.1, 0.15) is 11.6 Å². The summed E-state index contributed by atoms with van der Waals surface area (Å²) >= 11 is 0. The Kier molecular flexibility index (Phi) is 5.97. The quantitative estimate of drug-likeness (QED) is 0.740. The normalized spacial score (nSPS) is 12.8. The van der Waals surface area contributed by atoms with E-state index in [9.17, 15) is 13.2 Å². The van der Waals surface area contributed by atoms with Gasteiger partial charge >= 0.3 is 5.97 Å². The zero-order valence-corrected chi connectivity index (χ0v) is 12.6. The maximum absolute atomic E-state index is 12.0. The van der Waals surface area contributed by atoms with Crippen LogP contribution in [-0.4, -0.2) is 47.2 Å². The molecule has 7 heteroatoms. The maximum atomic E-state index is 12.0. The van der Waals surface area contributed by atoms with Crippen LogP contribution in [0, 0.1) is 0 Å². The average molecular weight is 301 g/mol. The molecule has 20 heavy (non-hydrogen) atoms. The minimum absolute atomic E-state index is 0.209. The molecule has 1 atom stereocenters. The number of rotatable bonds is 7. The van der Waals surface area contributed by atoms with E-state index in [1.54, 1.807) is 31.3 Å². The molecule has 0 radical (unpaired) electrons. The van der Waals surface area contributed by atoms with E-state index in [-0.39, 0.29) is 5.75 Å². The Labute approximate surface area is 119 Å². The summed E-state index contributed by atoms with van der Waals surface area (Å²) in [5.41, 5.74) is 0.728. The molecule has 0 amide bonds. The molecule has 0 aromatic heterocycles. The second-order valence-electron chi connectivity index (χ2n) is 4.21. The van der Waals surface area contributed by atoms with E-state index in [2.05, 4.69) is 10.1 Å². The lowest BCUT2D eigenvalue weighted by Crippen LogP contribution is -2.29. The molecule has 112 valence electrons. The highest BCUT2D eigenvalue weighted by Crippen LogP contribution is 2.25. The van der Waals surface area contributed by atoms with E-state index in [0.29, 0.717) is 5.75 Å². The summed E-state index contributed by atoms with van der Waals surface area (Å²) in [6.45, 7) is 0. The van der Waals surface area contributed by atoms with Gasteiger partial charge in [0.25, 0.3) is 0 Å². The van der Waals surface area contributed by atoms with Crippen molar-refractivity contribution >= 4 is 15.8 Å². The van der Waals surface area contributed by atoms with Gasteiger partial charge in [-0.2, -0.15) is 0 Å². The topological polar surface area (TPSA) is 81.7 Å². The molecular weight excluding hydrogens is 282 g/mol. The summed E-state index contributed by atoms with van der Waals surface area (Å²) in [5.74, 6) is -1.00. The van der Waals surface area contributed by atoms with Crippen LogP contribution in [0.15, 0.2) is 24.3 Å². The van der Waals surface area contributed by atoms with Crippen LogP contribution in [-0.2, 0) is 19.4 Å². The van der Waals surface area contributed by atoms with Gasteiger partial charge in [0.15, 0.2) is 9.84 Å². The Morgan fingerprint density at radius 2 is 1.95 bits per heavy atom. The van der Waals surface area contributed by atoms with E-state index >= 15 is 0 Å². The van der Waals surface area contributed by atoms with Crippen LogP contribution in [0.25, 0.3) is 0 Å². The summed E-state index contributed by atoms with van der Waals surface area (Å²) < 4.78 is 33.5. The SMILES string of the molecule is CNC(CS(=O)(=O)CC(=O)OC)c1ccccc1OC. The number of ether oxygens (including phenoxy) is 2. The largest absolute Gasteiger partial charge is 0.496 e. The van der Waals surface area contributed by atoms with Gasteiger partial charge in [-0.25, -0.2) is 8.42 Å². The maximum Gasteiger partial charge on any atom is 0.320 e. The van der Waals surface area contributed by atoms with E-state index in [4.69, 9.17) is 4.74 Å². The summed E-state index contributed by atoms with van der Waals surface area (Å²) in [7, 11) is 0.770. The Hall–Kier alpha value is -1.60. The van der Waals surface area contributed by atoms with Crippen LogP contribution in [0.2, 0.25) is 0 Å². The Balaban J connectivity index is 2.95. The molecular formula is C13H19NO5S. The van der Waals surface area contributed by atoms with Gasteiger partial charge in [0.2, 0.25) is 0 Å². The molecule has 0 saturated carbocycles. The van der Waals surface area contributed by atoms with Crippen molar-refractivity contribution in [2.24, 2.45) is 0 Å². The summed E-state index contributed by atoms with van der Waals surface area (Å²) in [4.78, 5) is 11.1. The van der Waals surface area contributed by atoms with Crippen molar-refractivity contribution in [2.75, 3.05) is 32.8 Å². The fraction of sp³-hybridized carbons (Fsp3) is 0.462. The Morgan fingerprint density at radius 3 is 2.50 bits per heavy atom. The minimum Gasteiger partial charge on any atom is -0.496 e. The zero-order chi connectivity index (χ0) is 15.2. The zero-order valence-electron chi connectivity index (χ0n) is 11.8. The molecule has 0 heterocycles. The van der Waals surface area contributed by atoms with Gasteiger partial charge in [-0.15, -0.1) is 0 Å². The van der Waals surface area contributed by atoms with E-state index in [1.165, 1.54) is 7.11 Å². The van der Waals surface area contributed by atoms with Crippen molar-refractivity contribution in [2.45, 2.75) is 6.04 Å². The molecule has 0 aliphatic carbocycles. The van der Waals surface area contributed by atoms with Gasteiger partial charge < -0.3 is 14.8 Å². The fourth-order valence-electron chi connectivity index (χ4n) is 1.83. The molecule has 1 rings (SSSR count). The standard InChI is InChI=1S/C13H19NO5S/c1-14-11(8-20(16,17)9-13(15)19-3)10-6-4-5-7-12(10)18-2/h4-7,11,14H,8-9H2,1-3H3. The molecule has 0 saturated heterocycles. The first-order valence-electron chi connectivity index (χ1n) is 6.01. The molecule has 0 fully saturated rings. The van der Waals surface area contributed by atoms with Gasteiger partial charge in [-0.05, 0) is 13.1 Å². The highest BCUT2D eigenvalue weighted by molar-refractivity contribution is 7.92. The number of carbonyl (C=O) groups is 1. The van der Waals surface area contributed by atoms with Crippen molar-refractivity contribution < 1.29 is 22.7 Å². The van der Waals surface area contributed by atoms with Crippen molar-refractivity contribution in [3.8, 4) is 5.75 Å². The number of carbonyl (C=O) groups excluding carboxylic acids is 1. The molecule has 1 aromatic carbocycles. The second-order valence-corrected chi connectivity index (χ2v) is 6.32. The van der Waals surface area contributed by atoms with E-state index in [1.807, 2.05) is 0 Å². The Morgan fingerprint density at radius 1 is 1.30 bits per heavy atom. The van der Waals surface area contributed by atoms with Gasteiger partial charge in [0.05, 0.1) is 20.0 Å². The number of hydrogen-bond acceptors (Lipinski definition) is 6. The number of benzene rings is 1. The lowest BCUT2D eigenvalue weighted by molar-refractivity contribution is -0.137. The lowest BCUT2D eigenvalue weighted by Gasteiger charge is -2.19. The van der Waals surface area contributed by atoms with E-state index in [0.717, 1.165) is 12.7 Å². The summed E-state index contributed by atoms with van der Waals surface area (Å²) in [5, 5.41) is 2.93. The van der Waals surface area contributed by atoms with Crippen molar-refractivity contribution in [3.63, 3.8) is 0 Å². The van der Waals surface area contributed by atoms with Crippen molar-refractivity contribution in [1.82, 2.24) is 5.32 Å². The highest BCUT2D eigenvalue weighted by Gasteiger charge is 2.24. The predicted octanol–water partition coefficient (Wildman–Crippen LogP) is 0.543. The Bertz CT molecular complexity index is 556. The van der Waals surface area contributed by atoms with Crippen LogP contribution in [0.5, 0.6) is 5.75 Å². The number of esters is 1. The summed E-state index contributed by atoms with van der Waals surface area (Å²) in [6, 6.07) is 6.69. The average Bonchev–Trinajstić information content (AvgIpc) is 2.44. The third-order valence-electron chi connectivity index (χ3n) is 2.85. The molecule has 0 bridgehead atoms. The van der Waals surface area contributed by atoms with Crippen molar-refractivity contribution in [1.29, 1.82) is 0 Å². The van der Waals surface area contributed by atoms with Gasteiger partial charge in [-0.1, -0.05) is 18.2 Å². The van der Waals surface area contributed by atoms with Crippen LogP contribution >= 0.6 is 0 Å². The molecule has 1 unspecified atom stereocenters. The lowest BCUT2D eigenvalue weighted by atomic mass is 10.1. The van der Waals surface area contributed by atoms with Crippen LogP contribution in [0.3, 0.4) is 0 Å². The molecule has 1 N–H and O–H groups in total. The molecule has 6 nitrogen and oxygen atoms in total. The van der Waals surface area contributed by atoms with Crippen LogP contribution in [0.4, 0.5) is 0 Å². The number of para-hydroxylation sites is 1. The molecule has 0 spiro atoms. The van der Waals surface area contributed by atoms with Gasteiger partial charge in [-0.3, -0.25) is 4.79 Å². The number of sulfone groups is 1. The number of nitrogens with one attached hydrogen (secondary N) is 1. The van der Waals surface area contributed by atoms with E-state index < -0.39 is 27.6 Å². The van der Waals surface area contributed by atoms with Gasteiger partial charge in [0, 0.05) is 11.6 Å². The minimum atomic E-state index is -3.57. The smallest absolute Gasteiger partial charge is 0.320 e. The van der Waals surface area contributed by atoms with Gasteiger partial charge in [0.1, 0.15) is 11.5 Å². The number of methoxy groups -OCH3 is 2. The monoisotopic (exact) mass is 301 g/mol. The first-order chi connectivity index (χ1) is 9.43. The molecule has 1 aromatic rings. The molecule has 0 aliphatic heterocycles. The number of hydrogen-bond donors (Lipinski definition) is 1. The first-order valence-corrected chi connectivity index (χ1v) is 7.83. The molecule has 0 aliphatic rings. The summed E-state index contributed by atoms with van der Waals surface area (Å²) in [6.07, 6.45) is 0. The van der Waals surface area contributed by atoms with Crippen molar-refractivity contribution in [3.05, 3.63) is 29.8 Å². The second kappa shape index (κ2) is 7.25. The third-order valence-corrected chi connectivity index (χ3v) is 4.37.